The van der Waals surface area contributed by atoms with Gasteiger partial charge in [0, 0.05) is 78.2 Å². The summed E-state index contributed by atoms with van der Waals surface area (Å²) in [6.07, 6.45) is 1.66. The summed E-state index contributed by atoms with van der Waals surface area (Å²) in [5.41, 5.74) is 0. The van der Waals surface area contributed by atoms with Crippen LogP contribution >= 0.6 is 0 Å². The van der Waals surface area contributed by atoms with Crippen LogP contribution in [0.4, 0.5) is 0 Å². The fraction of sp³-hybridized carbons (Fsp3) is 0.800. The lowest BCUT2D eigenvalue weighted by molar-refractivity contribution is 0.224. The number of hydrogen-bond acceptors (Lipinski definition) is 6. The maximum absolute atomic E-state index is 8.74. The fourth-order valence-electron chi connectivity index (χ4n) is 2.48. The van der Waals surface area contributed by atoms with Crippen LogP contribution in [0.15, 0.2) is 0 Å². The Bertz CT molecular complexity index is 328. The molecule has 0 bridgehead atoms. The van der Waals surface area contributed by atoms with E-state index in [0.717, 1.165) is 58.9 Å². The zero-order chi connectivity index (χ0) is 15.3. The van der Waals surface area contributed by atoms with Gasteiger partial charge in [0.25, 0.3) is 0 Å². The third kappa shape index (κ3) is 7.63. The highest BCUT2D eigenvalue weighted by atomic mass is 15.3. The second kappa shape index (κ2) is 11.1. The van der Waals surface area contributed by atoms with E-state index in [9.17, 15) is 0 Å². The zero-order valence-corrected chi connectivity index (χ0v) is 12.7. The molecule has 0 atom stereocenters. The van der Waals surface area contributed by atoms with Crippen molar-refractivity contribution < 1.29 is 0 Å². The highest BCUT2D eigenvalue weighted by molar-refractivity contribution is 4.79. The summed E-state index contributed by atoms with van der Waals surface area (Å²) in [5, 5.41) is 26.2. The van der Waals surface area contributed by atoms with Gasteiger partial charge in [-0.25, -0.2) is 0 Å². The average molecular weight is 288 g/mol. The van der Waals surface area contributed by atoms with Gasteiger partial charge in [0.2, 0.25) is 0 Å². The van der Waals surface area contributed by atoms with E-state index in [2.05, 4.69) is 32.9 Å². The molecule has 6 nitrogen and oxygen atoms in total. The molecule has 1 fully saturated rings. The van der Waals surface area contributed by atoms with Crippen LogP contribution in [0.3, 0.4) is 0 Å². The van der Waals surface area contributed by atoms with Crippen molar-refractivity contribution in [3.8, 4) is 18.2 Å². The first kappa shape index (κ1) is 17.4. The molecular weight excluding hydrogens is 264 g/mol. The first-order chi connectivity index (χ1) is 10.3. The molecule has 6 heteroatoms. The van der Waals surface area contributed by atoms with Gasteiger partial charge >= 0.3 is 0 Å². The van der Waals surface area contributed by atoms with Crippen molar-refractivity contribution in [3.05, 3.63) is 0 Å². The number of nitrogens with zero attached hydrogens (tertiary/aromatic N) is 6. The minimum absolute atomic E-state index is 0.552. The van der Waals surface area contributed by atoms with Crippen molar-refractivity contribution in [2.75, 3.05) is 58.9 Å². The van der Waals surface area contributed by atoms with E-state index >= 15 is 0 Å². The third-order valence-electron chi connectivity index (χ3n) is 3.82. The van der Waals surface area contributed by atoms with Gasteiger partial charge in [-0.2, -0.15) is 15.8 Å². The maximum Gasteiger partial charge on any atom is 0.0635 e. The predicted molar refractivity (Wildman–Crippen MR) is 80.0 cm³/mol. The molecule has 0 spiro atoms. The SMILES string of the molecule is N#CCCN1CCN(CCC#N)CCN(CCC#N)CC1. The Labute approximate surface area is 127 Å². The maximum atomic E-state index is 8.74. The topological polar surface area (TPSA) is 81.1 Å². The molecule has 114 valence electrons. The Morgan fingerprint density at radius 2 is 0.762 bits per heavy atom. The van der Waals surface area contributed by atoms with Gasteiger partial charge in [0.15, 0.2) is 0 Å². The van der Waals surface area contributed by atoms with Crippen LogP contribution in [0.5, 0.6) is 0 Å². The van der Waals surface area contributed by atoms with E-state index in [-0.39, 0.29) is 0 Å². The highest BCUT2D eigenvalue weighted by Gasteiger charge is 2.15. The third-order valence-corrected chi connectivity index (χ3v) is 3.82. The summed E-state index contributed by atoms with van der Waals surface area (Å²) in [6, 6.07) is 6.61. The second-order valence-electron chi connectivity index (χ2n) is 5.25. The standard InChI is InChI=1S/C15H24N6/c16-4-1-7-19-10-12-20(8-2-5-17)14-15-21(13-11-19)9-3-6-18/h1-3,7-15H2. The lowest BCUT2D eigenvalue weighted by Crippen LogP contribution is -2.36. The molecule has 0 N–H and O–H groups in total. The van der Waals surface area contributed by atoms with E-state index in [4.69, 9.17) is 15.8 Å². The molecule has 0 saturated carbocycles. The average Bonchev–Trinajstić information content (AvgIpc) is 2.60. The molecule has 0 unspecified atom stereocenters. The largest absolute Gasteiger partial charge is 0.300 e. The van der Waals surface area contributed by atoms with E-state index in [1.165, 1.54) is 0 Å². The van der Waals surface area contributed by atoms with Crippen LogP contribution in [0.25, 0.3) is 0 Å². The number of hydrogen-bond donors (Lipinski definition) is 0. The van der Waals surface area contributed by atoms with Crippen LogP contribution in [-0.4, -0.2) is 73.6 Å². The van der Waals surface area contributed by atoms with Crippen LogP contribution in [0, 0.1) is 34.0 Å². The quantitative estimate of drug-likeness (QED) is 0.713. The smallest absolute Gasteiger partial charge is 0.0635 e. The van der Waals surface area contributed by atoms with Crippen LogP contribution in [0.2, 0.25) is 0 Å². The van der Waals surface area contributed by atoms with Gasteiger partial charge in [-0.1, -0.05) is 0 Å². The lowest BCUT2D eigenvalue weighted by Gasteiger charge is -2.24. The summed E-state index contributed by atoms with van der Waals surface area (Å²) >= 11 is 0. The Kier molecular flexibility index (Phi) is 9.16. The second-order valence-corrected chi connectivity index (χ2v) is 5.25. The molecule has 0 aromatic heterocycles. The minimum Gasteiger partial charge on any atom is -0.300 e. The molecule has 0 amide bonds. The lowest BCUT2D eigenvalue weighted by atomic mass is 10.3. The monoisotopic (exact) mass is 288 g/mol. The van der Waals surface area contributed by atoms with Crippen molar-refractivity contribution in [3.63, 3.8) is 0 Å². The minimum atomic E-state index is 0.552. The zero-order valence-electron chi connectivity index (χ0n) is 12.7. The number of nitriles is 3. The molecule has 21 heavy (non-hydrogen) atoms. The van der Waals surface area contributed by atoms with E-state index < -0.39 is 0 Å². The van der Waals surface area contributed by atoms with Crippen molar-refractivity contribution in [1.29, 1.82) is 15.8 Å². The molecule has 1 aliphatic heterocycles. The van der Waals surface area contributed by atoms with Crippen molar-refractivity contribution in [1.82, 2.24) is 14.7 Å². The molecule has 1 aliphatic rings. The van der Waals surface area contributed by atoms with Gasteiger partial charge < -0.3 is 0 Å². The Balaban J connectivity index is 2.56. The van der Waals surface area contributed by atoms with Gasteiger partial charge in [-0.15, -0.1) is 0 Å². The molecule has 1 rings (SSSR count). The van der Waals surface area contributed by atoms with Crippen molar-refractivity contribution >= 4 is 0 Å². The fourth-order valence-corrected chi connectivity index (χ4v) is 2.48. The van der Waals surface area contributed by atoms with E-state index in [0.29, 0.717) is 19.3 Å². The Morgan fingerprint density at radius 1 is 0.524 bits per heavy atom. The van der Waals surface area contributed by atoms with Crippen molar-refractivity contribution in [2.45, 2.75) is 19.3 Å². The molecule has 0 aromatic carbocycles. The van der Waals surface area contributed by atoms with Crippen LogP contribution in [0.1, 0.15) is 19.3 Å². The molecular formula is C15H24N6. The predicted octanol–water partition coefficient (Wildman–Crippen LogP) is 0.647. The van der Waals surface area contributed by atoms with Gasteiger partial charge in [0.05, 0.1) is 18.2 Å². The highest BCUT2D eigenvalue weighted by Crippen LogP contribution is 2.03. The first-order valence-electron chi connectivity index (χ1n) is 7.58. The summed E-state index contributed by atoms with van der Waals surface area (Å²) in [4.78, 5) is 6.94. The molecule has 1 heterocycles. The van der Waals surface area contributed by atoms with Gasteiger partial charge in [-0.3, -0.25) is 14.7 Å². The summed E-state index contributed by atoms with van der Waals surface area (Å²) in [5.74, 6) is 0. The van der Waals surface area contributed by atoms with Crippen LogP contribution < -0.4 is 0 Å². The van der Waals surface area contributed by atoms with Gasteiger partial charge in [0.1, 0.15) is 0 Å². The Morgan fingerprint density at radius 3 is 0.952 bits per heavy atom. The van der Waals surface area contributed by atoms with E-state index in [1.807, 2.05) is 0 Å². The van der Waals surface area contributed by atoms with Crippen LogP contribution in [-0.2, 0) is 0 Å². The normalized spacial score (nSPS) is 18.7. The molecule has 0 aromatic rings. The van der Waals surface area contributed by atoms with Gasteiger partial charge in [-0.05, 0) is 0 Å². The molecule has 0 radical (unpaired) electrons. The number of rotatable bonds is 6. The summed E-state index contributed by atoms with van der Waals surface area (Å²) in [7, 11) is 0. The summed E-state index contributed by atoms with van der Waals surface area (Å²) in [6.45, 7) is 8.06. The molecule has 0 aliphatic carbocycles. The molecule has 1 saturated heterocycles. The first-order valence-corrected chi connectivity index (χ1v) is 7.58. The van der Waals surface area contributed by atoms with E-state index in [1.54, 1.807) is 0 Å². The van der Waals surface area contributed by atoms with Crippen molar-refractivity contribution in [2.24, 2.45) is 0 Å². The Hall–Kier alpha value is -1.65. The summed E-state index contributed by atoms with van der Waals surface area (Å²) < 4.78 is 0.